The molecule has 0 spiro atoms. The zero-order valence-electron chi connectivity index (χ0n) is 13.6. The van der Waals surface area contributed by atoms with Gasteiger partial charge in [-0.2, -0.15) is 0 Å². The van der Waals surface area contributed by atoms with Crippen LogP contribution in [0.5, 0.6) is 0 Å². The first-order chi connectivity index (χ1) is 10.7. The Hall–Kier alpha value is -1.66. The largest absolute Gasteiger partial charge is 0.381 e. The lowest BCUT2D eigenvalue weighted by Gasteiger charge is -2.26. The summed E-state index contributed by atoms with van der Waals surface area (Å²) in [6.45, 7) is 8.92. The second-order valence-electron chi connectivity index (χ2n) is 5.72. The first-order valence-electron chi connectivity index (χ1n) is 7.96. The minimum atomic E-state index is 0. The maximum absolute atomic E-state index is 5.58. The fraction of sp³-hybridized carbons (Fsp3) is 0.625. The van der Waals surface area contributed by atoms with E-state index in [9.17, 15) is 0 Å². The van der Waals surface area contributed by atoms with Gasteiger partial charge < -0.3 is 14.9 Å². The average molecular weight is 306 g/mol. The van der Waals surface area contributed by atoms with E-state index in [1.807, 2.05) is 20.0 Å². The van der Waals surface area contributed by atoms with Crippen molar-refractivity contribution < 1.29 is 10.9 Å². The Balaban J connectivity index is 0.00000192. The number of rotatable bonds is 5. The van der Waals surface area contributed by atoms with Crippen LogP contribution in [0, 0.1) is 13.8 Å². The second kappa shape index (κ2) is 6.62. The van der Waals surface area contributed by atoms with Crippen LogP contribution in [0.2, 0.25) is 0 Å². The van der Waals surface area contributed by atoms with Gasteiger partial charge in [0.05, 0.1) is 11.7 Å². The molecule has 0 bridgehead atoms. The molecule has 22 heavy (non-hydrogen) atoms. The summed E-state index contributed by atoms with van der Waals surface area (Å²) in [5, 5.41) is 0. The summed E-state index contributed by atoms with van der Waals surface area (Å²) in [5.41, 5.74) is 7.83. The van der Waals surface area contributed by atoms with Gasteiger partial charge in [0.15, 0.2) is 5.82 Å². The molecule has 2 aromatic rings. The van der Waals surface area contributed by atoms with Crippen molar-refractivity contribution in [2.75, 3.05) is 25.2 Å². The maximum atomic E-state index is 5.58. The van der Waals surface area contributed by atoms with E-state index >= 15 is 0 Å². The molecule has 0 saturated carbocycles. The van der Waals surface area contributed by atoms with Crippen LogP contribution in [0.4, 0.5) is 0 Å². The molecular weight excluding hydrogens is 280 g/mol. The summed E-state index contributed by atoms with van der Waals surface area (Å²) < 4.78 is 13.1. The van der Waals surface area contributed by atoms with Gasteiger partial charge in [-0.1, -0.05) is 0 Å². The zero-order chi connectivity index (χ0) is 15.5. The molecule has 0 aromatic carbocycles. The molecule has 3 rings (SSSR count). The van der Waals surface area contributed by atoms with E-state index in [0.717, 1.165) is 54.2 Å². The Kier molecular flexibility index (Phi) is 4.59. The number of aryl methyl sites for hydroxylation is 2. The van der Waals surface area contributed by atoms with Crippen molar-refractivity contribution in [2.24, 2.45) is 0 Å². The number of nitrogens with zero attached hydrogens (tertiary/aromatic N) is 3. The maximum Gasteiger partial charge on any atom is 0.154 e. The fourth-order valence-electron chi connectivity index (χ4n) is 2.80. The number of hydrogen-bond donors (Lipinski definition) is 1. The van der Waals surface area contributed by atoms with Crippen molar-refractivity contribution in [2.45, 2.75) is 46.3 Å². The van der Waals surface area contributed by atoms with E-state index in [1.165, 1.54) is 0 Å². The first-order valence-corrected chi connectivity index (χ1v) is 7.96. The summed E-state index contributed by atoms with van der Waals surface area (Å²) in [7, 11) is 0. The Morgan fingerprint density at radius 3 is 2.91 bits per heavy atom. The quantitative estimate of drug-likeness (QED) is 0.920. The predicted molar refractivity (Wildman–Crippen MR) is 87.6 cm³/mol. The molecule has 1 aliphatic rings. The molecular formula is C16H26N4O2. The number of fused-ring (bicyclic) bond motifs is 1. The van der Waals surface area contributed by atoms with Gasteiger partial charge in [-0.25, -0.2) is 9.66 Å². The van der Waals surface area contributed by atoms with Crippen molar-refractivity contribution in [1.82, 2.24) is 14.6 Å². The monoisotopic (exact) mass is 306 g/mol. The lowest BCUT2D eigenvalue weighted by atomic mass is 10.1. The fourth-order valence-corrected chi connectivity index (χ4v) is 2.80. The summed E-state index contributed by atoms with van der Waals surface area (Å²) in [6, 6.07) is 0.402. The highest BCUT2D eigenvalue weighted by Crippen LogP contribution is 2.22. The molecule has 0 unspecified atom stereocenters. The highest BCUT2D eigenvalue weighted by Gasteiger charge is 2.19. The van der Waals surface area contributed by atoms with Gasteiger partial charge in [0, 0.05) is 33.0 Å². The highest BCUT2D eigenvalue weighted by molar-refractivity contribution is 5.79. The number of pyridine rings is 1. The van der Waals surface area contributed by atoms with Crippen LogP contribution in [-0.4, -0.2) is 40.5 Å². The minimum absolute atomic E-state index is 0. The molecule has 0 aliphatic carbocycles. The van der Waals surface area contributed by atoms with Gasteiger partial charge in [0.1, 0.15) is 12.1 Å². The number of aromatic nitrogens is 3. The highest BCUT2D eigenvalue weighted by atomic mass is 16.5. The summed E-state index contributed by atoms with van der Waals surface area (Å²) >= 11 is 0. The van der Waals surface area contributed by atoms with Crippen LogP contribution in [0.15, 0.2) is 6.20 Å². The van der Waals surface area contributed by atoms with Crippen LogP contribution >= 0.6 is 0 Å². The third-order valence-electron chi connectivity index (χ3n) is 4.22. The molecule has 0 radical (unpaired) electrons. The second-order valence-corrected chi connectivity index (χ2v) is 5.72. The van der Waals surface area contributed by atoms with E-state index in [0.29, 0.717) is 19.3 Å². The Labute approximate surface area is 132 Å². The first kappa shape index (κ1) is 15.2. The Bertz CT molecular complexity index is 653. The molecule has 1 aliphatic heterocycles. The van der Waals surface area contributed by atoms with Crippen molar-refractivity contribution in [3.8, 4) is 0 Å². The van der Waals surface area contributed by atoms with E-state index in [4.69, 9.17) is 14.5 Å². The zero-order valence-corrected chi connectivity index (χ0v) is 13.6. The van der Waals surface area contributed by atoms with Crippen LogP contribution in [0.3, 0.4) is 0 Å². The minimum Gasteiger partial charge on any atom is -0.381 e. The number of imidazole rings is 1. The molecule has 2 aromatic heterocycles. The van der Waals surface area contributed by atoms with E-state index < -0.39 is 0 Å². The van der Waals surface area contributed by atoms with E-state index in [1.54, 1.807) is 0 Å². The van der Waals surface area contributed by atoms with Gasteiger partial charge in [-0.15, -0.1) is 0 Å². The summed E-state index contributed by atoms with van der Waals surface area (Å²) in [5.74, 6) is 0.902. The topological polar surface area (TPSA) is 61.2 Å². The molecule has 6 heteroatoms. The van der Waals surface area contributed by atoms with Gasteiger partial charge >= 0.3 is 0 Å². The number of ether oxygens (including phenoxy) is 2. The van der Waals surface area contributed by atoms with Crippen LogP contribution < -0.4 is 5.43 Å². The lowest BCUT2D eigenvalue weighted by molar-refractivity contribution is 0.0873. The molecule has 122 valence electrons. The third kappa shape index (κ3) is 2.94. The van der Waals surface area contributed by atoms with Gasteiger partial charge in [-0.3, -0.25) is 4.98 Å². The van der Waals surface area contributed by atoms with Gasteiger partial charge in [-0.05, 0) is 39.2 Å². The molecule has 1 N–H and O–H groups in total. The Morgan fingerprint density at radius 2 is 2.18 bits per heavy atom. The van der Waals surface area contributed by atoms with Crippen molar-refractivity contribution in [3.63, 3.8) is 0 Å². The molecule has 1 fully saturated rings. The van der Waals surface area contributed by atoms with Crippen molar-refractivity contribution >= 4 is 11.0 Å². The van der Waals surface area contributed by atoms with Crippen molar-refractivity contribution in [3.05, 3.63) is 23.3 Å². The molecule has 0 amide bonds. The molecule has 3 heterocycles. The van der Waals surface area contributed by atoms with Crippen LogP contribution in [-0.2, 0) is 16.1 Å². The number of hydrogen-bond acceptors (Lipinski definition) is 5. The lowest BCUT2D eigenvalue weighted by Crippen LogP contribution is -2.34. The van der Waals surface area contributed by atoms with Gasteiger partial charge in [0.2, 0.25) is 0 Å². The number of nitrogens with one attached hydrogen (secondary N) is 1. The van der Waals surface area contributed by atoms with Crippen LogP contribution in [0.25, 0.3) is 11.0 Å². The van der Waals surface area contributed by atoms with E-state index in [-0.39, 0.29) is 1.43 Å². The standard InChI is InChI=1S/C16H24N4O2.H2/c1-4-21-10-15-18-14-9-17-12(3)11(2)16(14)20(15)19-13-5-7-22-8-6-13;/h9,13,19H,4-8,10H2,1-3H3;1H. The van der Waals surface area contributed by atoms with Crippen molar-refractivity contribution in [1.29, 1.82) is 0 Å². The summed E-state index contributed by atoms with van der Waals surface area (Å²) in [4.78, 5) is 9.12. The van der Waals surface area contributed by atoms with Crippen LogP contribution in [0.1, 0.15) is 38.3 Å². The Morgan fingerprint density at radius 1 is 1.41 bits per heavy atom. The smallest absolute Gasteiger partial charge is 0.154 e. The van der Waals surface area contributed by atoms with Gasteiger partial charge in [0.25, 0.3) is 0 Å². The normalized spacial score (nSPS) is 16.3. The summed E-state index contributed by atoms with van der Waals surface area (Å²) in [6.07, 6.45) is 3.86. The average Bonchev–Trinajstić information content (AvgIpc) is 2.88. The molecule has 1 saturated heterocycles. The van der Waals surface area contributed by atoms with E-state index in [2.05, 4.69) is 22.0 Å². The molecule has 0 atom stereocenters. The molecule has 6 nitrogen and oxygen atoms in total. The third-order valence-corrected chi connectivity index (χ3v) is 4.22. The SMILES string of the molecule is CCOCc1nc2cnc(C)c(C)c2n1NC1CCOCC1.[HH]. The predicted octanol–water partition coefficient (Wildman–Crippen LogP) is 2.55.